The van der Waals surface area contributed by atoms with E-state index in [2.05, 4.69) is 17.2 Å². The number of benzene rings is 1. The number of thiazole rings is 1. The van der Waals surface area contributed by atoms with Gasteiger partial charge < -0.3 is 5.32 Å². The molecule has 1 aromatic heterocycles. The smallest absolute Gasteiger partial charge is 0.187 e. The minimum Gasteiger partial charge on any atom is -0.331 e. The third-order valence-electron chi connectivity index (χ3n) is 2.51. The average Bonchev–Trinajstić information content (AvgIpc) is 2.79. The average molecular weight is 366 g/mol. The maximum atomic E-state index is 13.0. The number of aromatic nitrogens is 1. The number of unbranched alkanes of at least 4 members (excludes halogenated alkanes) is 1. The Labute approximate surface area is 131 Å². The van der Waals surface area contributed by atoms with Gasteiger partial charge in [0.25, 0.3) is 0 Å². The van der Waals surface area contributed by atoms with Crippen molar-refractivity contribution in [1.29, 1.82) is 0 Å². The van der Waals surface area contributed by atoms with Crippen molar-refractivity contribution >= 4 is 50.7 Å². The summed E-state index contributed by atoms with van der Waals surface area (Å²) in [4.78, 5) is 4.47. The van der Waals surface area contributed by atoms with Gasteiger partial charge in [-0.2, -0.15) is 0 Å². The van der Waals surface area contributed by atoms with Crippen molar-refractivity contribution in [2.75, 3.05) is 5.32 Å². The SMILES string of the molecule is Br.CCCCc1csc(Nc2ccc(F)c(Cl)c2)n1. The van der Waals surface area contributed by atoms with Crippen LogP contribution in [0.1, 0.15) is 25.5 Å². The van der Waals surface area contributed by atoms with E-state index in [4.69, 9.17) is 11.6 Å². The molecule has 2 aromatic rings. The molecule has 0 bridgehead atoms. The lowest BCUT2D eigenvalue weighted by Crippen LogP contribution is -1.91. The highest BCUT2D eigenvalue weighted by Crippen LogP contribution is 2.25. The van der Waals surface area contributed by atoms with Crippen molar-refractivity contribution in [2.45, 2.75) is 26.2 Å². The van der Waals surface area contributed by atoms with Crippen LogP contribution in [0.4, 0.5) is 15.2 Å². The number of hydrogen-bond donors (Lipinski definition) is 1. The number of anilines is 2. The van der Waals surface area contributed by atoms with Crippen LogP contribution in [0.25, 0.3) is 0 Å². The molecule has 1 aromatic carbocycles. The minimum absolute atomic E-state index is 0. The summed E-state index contributed by atoms with van der Waals surface area (Å²) in [7, 11) is 0. The molecule has 2 rings (SSSR count). The lowest BCUT2D eigenvalue weighted by atomic mass is 10.2. The van der Waals surface area contributed by atoms with Crippen molar-refractivity contribution in [1.82, 2.24) is 4.98 Å². The molecule has 0 aliphatic carbocycles. The topological polar surface area (TPSA) is 24.9 Å². The molecule has 0 aliphatic rings. The van der Waals surface area contributed by atoms with Crippen LogP contribution in [0.15, 0.2) is 23.6 Å². The molecule has 0 aliphatic heterocycles. The summed E-state index contributed by atoms with van der Waals surface area (Å²) < 4.78 is 13.0. The summed E-state index contributed by atoms with van der Waals surface area (Å²) >= 11 is 7.27. The highest BCUT2D eigenvalue weighted by atomic mass is 79.9. The summed E-state index contributed by atoms with van der Waals surface area (Å²) in [6.07, 6.45) is 3.30. The lowest BCUT2D eigenvalue weighted by Gasteiger charge is -2.03. The van der Waals surface area contributed by atoms with Gasteiger partial charge in [0.15, 0.2) is 5.13 Å². The number of hydrogen-bond acceptors (Lipinski definition) is 3. The van der Waals surface area contributed by atoms with Crippen LogP contribution in [0.3, 0.4) is 0 Å². The van der Waals surface area contributed by atoms with Crippen LogP contribution in [0.2, 0.25) is 5.02 Å². The minimum atomic E-state index is -0.412. The van der Waals surface area contributed by atoms with Crippen LogP contribution in [0.5, 0.6) is 0 Å². The molecule has 0 saturated carbocycles. The molecule has 2 nitrogen and oxygen atoms in total. The number of halogens is 3. The van der Waals surface area contributed by atoms with E-state index in [1.165, 1.54) is 6.07 Å². The van der Waals surface area contributed by atoms with Crippen molar-refractivity contribution in [3.8, 4) is 0 Å². The highest BCUT2D eigenvalue weighted by molar-refractivity contribution is 8.93. The molecule has 1 N–H and O–H groups in total. The molecule has 0 saturated heterocycles. The summed E-state index contributed by atoms with van der Waals surface area (Å²) in [6.45, 7) is 2.16. The second-order valence-corrected chi connectivity index (χ2v) is 5.27. The van der Waals surface area contributed by atoms with Gasteiger partial charge in [-0.15, -0.1) is 28.3 Å². The van der Waals surface area contributed by atoms with E-state index >= 15 is 0 Å². The van der Waals surface area contributed by atoms with E-state index < -0.39 is 5.82 Å². The first-order valence-electron chi connectivity index (χ1n) is 5.85. The molecule has 0 spiro atoms. The fourth-order valence-electron chi connectivity index (χ4n) is 1.53. The van der Waals surface area contributed by atoms with E-state index in [0.29, 0.717) is 0 Å². The van der Waals surface area contributed by atoms with Crippen LogP contribution in [-0.4, -0.2) is 4.98 Å². The Morgan fingerprint density at radius 3 is 2.89 bits per heavy atom. The highest BCUT2D eigenvalue weighted by Gasteiger charge is 2.04. The van der Waals surface area contributed by atoms with Gasteiger partial charge in [-0.3, -0.25) is 0 Å². The maximum Gasteiger partial charge on any atom is 0.187 e. The standard InChI is InChI=1S/C13H14ClFN2S.BrH/c1-2-3-4-10-8-18-13(17-10)16-9-5-6-12(15)11(14)7-9;/h5-8H,2-4H2,1H3,(H,16,17);1H. The van der Waals surface area contributed by atoms with Gasteiger partial charge in [-0.05, 0) is 31.0 Å². The van der Waals surface area contributed by atoms with Crippen LogP contribution in [-0.2, 0) is 6.42 Å². The molecular formula is C13H15BrClFN2S. The van der Waals surface area contributed by atoms with Gasteiger partial charge >= 0.3 is 0 Å². The zero-order valence-electron chi connectivity index (χ0n) is 10.5. The second kappa shape index (κ2) is 7.82. The van der Waals surface area contributed by atoms with Gasteiger partial charge in [0.1, 0.15) is 5.82 Å². The normalized spacial score (nSPS) is 10.1. The van der Waals surface area contributed by atoms with Crippen molar-refractivity contribution < 1.29 is 4.39 Å². The van der Waals surface area contributed by atoms with E-state index in [1.54, 1.807) is 23.5 Å². The fraction of sp³-hybridized carbons (Fsp3) is 0.308. The van der Waals surface area contributed by atoms with Crippen molar-refractivity contribution in [3.63, 3.8) is 0 Å². The molecule has 0 amide bonds. The quantitative estimate of drug-likeness (QED) is 0.746. The zero-order chi connectivity index (χ0) is 13.0. The Balaban J connectivity index is 0.00000180. The van der Waals surface area contributed by atoms with Gasteiger partial charge in [-0.25, -0.2) is 9.37 Å². The Bertz CT molecular complexity index is 533. The largest absolute Gasteiger partial charge is 0.331 e. The molecule has 0 radical (unpaired) electrons. The first-order chi connectivity index (χ1) is 8.69. The molecule has 6 heteroatoms. The maximum absolute atomic E-state index is 13.0. The molecule has 0 unspecified atom stereocenters. The number of aryl methyl sites for hydroxylation is 1. The fourth-order valence-corrected chi connectivity index (χ4v) is 2.48. The first kappa shape index (κ1) is 16.4. The van der Waals surface area contributed by atoms with Crippen LogP contribution in [0, 0.1) is 5.82 Å². The lowest BCUT2D eigenvalue weighted by molar-refractivity contribution is 0.628. The summed E-state index contributed by atoms with van der Waals surface area (Å²) in [5.74, 6) is -0.412. The van der Waals surface area contributed by atoms with Crippen LogP contribution >= 0.6 is 39.9 Å². The van der Waals surface area contributed by atoms with Crippen molar-refractivity contribution in [3.05, 3.63) is 40.1 Å². The molecule has 19 heavy (non-hydrogen) atoms. The Kier molecular flexibility index (Phi) is 6.75. The predicted octanol–water partition coefficient (Wildman–Crippen LogP) is 5.60. The van der Waals surface area contributed by atoms with Crippen LogP contribution < -0.4 is 5.32 Å². The summed E-state index contributed by atoms with van der Waals surface area (Å²) in [5, 5.41) is 6.09. The number of nitrogens with one attached hydrogen (secondary N) is 1. The number of nitrogens with zero attached hydrogens (tertiary/aromatic N) is 1. The molecular weight excluding hydrogens is 351 g/mol. The Morgan fingerprint density at radius 1 is 1.42 bits per heavy atom. The van der Waals surface area contributed by atoms with E-state index in [0.717, 1.165) is 35.8 Å². The Morgan fingerprint density at radius 2 is 2.21 bits per heavy atom. The second-order valence-electron chi connectivity index (χ2n) is 4.00. The Hall–Kier alpha value is -0.650. The number of rotatable bonds is 5. The van der Waals surface area contributed by atoms with Crippen molar-refractivity contribution in [2.24, 2.45) is 0 Å². The van der Waals surface area contributed by atoms with Gasteiger partial charge in [0.2, 0.25) is 0 Å². The molecule has 104 valence electrons. The zero-order valence-corrected chi connectivity index (χ0v) is 13.7. The van der Waals surface area contributed by atoms with Gasteiger partial charge in [0.05, 0.1) is 10.7 Å². The van der Waals surface area contributed by atoms with Gasteiger partial charge in [-0.1, -0.05) is 24.9 Å². The first-order valence-corrected chi connectivity index (χ1v) is 7.11. The van der Waals surface area contributed by atoms with E-state index in [-0.39, 0.29) is 22.0 Å². The molecule has 0 fully saturated rings. The van der Waals surface area contributed by atoms with E-state index in [1.807, 2.05) is 5.38 Å². The molecule has 0 atom stereocenters. The third kappa shape index (κ3) is 4.75. The third-order valence-corrected chi connectivity index (χ3v) is 3.61. The summed E-state index contributed by atoms with van der Waals surface area (Å²) in [5.41, 5.74) is 1.84. The monoisotopic (exact) mass is 364 g/mol. The van der Waals surface area contributed by atoms with Gasteiger partial charge in [0, 0.05) is 11.1 Å². The summed E-state index contributed by atoms with van der Waals surface area (Å²) in [6, 6.07) is 4.55. The predicted molar refractivity (Wildman–Crippen MR) is 85.7 cm³/mol. The molecule has 1 heterocycles. The van der Waals surface area contributed by atoms with E-state index in [9.17, 15) is 4.39 Å².